The number of benzene rings is 1. The molecule has 1 aliphatic heterocycles. The van der Waals surface area contributed by atoms with Crippen molar-refractivity contribution in [3.05, 3.63) is 52.6 Å². The van der Waals surface area contributed by atoms with Crippen LogP contribution >= 0.6 is 11.6 Å². The summed E-state index contributed by atoms with van der Waals surface area (Å²) in [7, 11) is 1.94. The van der Waals surface area contributed by atoms with Gasteiger partial charge in [-0.2, -0.15) is 0 Å². The molecule has 1 N–H and O–H groups in total. The minimum atomic E-state index is -0.130. The van der Waals surface area contributed by atoms with Gasteiger partial charge in [0.1, 0.15) is 6.10 Å². The molecule has 0 unspecified atom stereocenters. The first-order valence-corrected chi connectivity index (χ1v) is 8.08. The maximum atomic E-state index is 12.5. The first-order chi connectivity index (χ1) is 11.1. The monoisotopic (exact) mass is 333 g/mol. The summed E-state index contributed by atoms with van der Waals surface area (Å²) in [4.78, 5) is 16.6. The molecule has 23 heavy (non-hydrogen) atoms. The Labute approximate surface area is 140 Å². The number of halogens is 1. The zero-order valence-corrected chi connectivity index (χ0v) is 14.0. The molecule has 3 rings (SSSR count). The molecule has 0 saturated carbocycles. The second-order valence-electron chi connectivity index (χ2n) is 5.92. The van der Waals surface area contributed by atoms with Gasteiger partial charge in [-0.15, -0.1) is 0 Å². The molecule has 1 aliphatic rings. The number of nitrogens with zero attached hydrogens (tertiary/aromatic N) is 2. The van der Waals surface area contributed by atoms with Crippen molar-refractivity contribution in [2.24, 2.45) is 7.05 Å². The SMILES string of the molecule is Cc1cccc(C(=O)N[C@H]2CCO[C@@H](c3cncn3C)C2)c1Cl. The van der Waals surface area contributed by atoms with Gasteiger partial charge in [-0.25, -0.2) is 4.98 Å². The van der Waals surface area contributed by atoms with E-state index >= 15 is 0 Å². The van der Waals surface area contributed by atoms with Gasteiger partial charge < -0.3 is 14.6 Å². The van der Waals surface area contributed by atoms with Crippen LogP contribution < -0.4 is 5.32 Å². The number of carbonyl (C=O) groups is 1. The third kappa shape index (κ3) is 3.41. The first-order valence-electron chi connectivity index (χ1n) is 7.70. The number of hydrogen-bond donors (Lipinski definition) is 1. The maximum Gasteiger partial charge on any atom is 0.253 e. The van der Waals surface area contributed by atoms with Crippen LogP contribution in [0.1, 0.15) is 40.6 Å². The highest BCUT2D eigenvalue weighted by Gasteiger charge is 2.27. The molecule has 2 atom stereocenters. The van der Waals surface area contributed by atoms with Gasteiger partial charge in [0.25, 0.3) is 5.91 Å². The van der Waals surface area contributed by atoms with Crippen molar-refractivity contribution in [2.75, 3.05) is 6.61 Å². The van der Waals surface area contributed by atoms with E-state index < -0.39 is 0 Å². The molecular formula is C17H20ClN3O2. The average Bonchev–Trinajstić information content (AvgIpc) is 2.96. The van der Waals surface area contributed by atoms with Gasteiger partial charge in [-0.05, 0) is 31.4 Å². The largest absolute Gasteiger partial charge is 0.372 e. The van der Waals surface area contributed by atoms with Gasteiger partial charge in [0, 0.05) is 19.7 Å². The van der Waals surface area contributed by atoms with E-state index in [4.69, 9.17) is 16.3 Å². The first kappa shape index (κ1) is 16.0. The number of nitrogens with one attached hydrogen (secondary N) is 1. The molecule has 6 heteroatoms. The summed E-state index contributed by atoms with van der Waals surface area (Å²) in [5, 5.41) is 3.60. The molecule has 5 nitrogen and oxygen atoms in total. The van der Waals surface area contributed by atoms with Crippen molar-refractivity contribution in [1.29, 1.82) is 0 Å². The number of aryl methyl sites for hydroxylation is 2. The van der Waals surface area contributed by atoms with Crippen LogP contribution in [0.2, 0.25) is 5.02 Å². The lowest BCUT2D eigenvalue weighted by Crippen LogP contribution is -2.40. The topological polar surface area (TPSA) is 56.1 Å². The van der Waals surface area contributed by atoms with Crippen molar-refractivity contribution in [3.63, 3.8) is 0 Å². The summed E-state index contributed by atoms with van der Waals surface area (Å²) >= 11 is 6.24. The number of hydrogen-bond acceptors (Lipinski definition) is 3. The molecule has 0 aliphatic carbocycles. The highest BCUT2D eigenvalue weighted by Crippen LogP contribution is 2.28. The van der Waals surface area contributed by atoms with Gasteiger partial charge >= 0.3 is 0 Å². The molecular weight excluding hydrogens is 314 g/mol. The Balaban J connectivity index is 1.69. The number of aromatic nitrogens is 2. The Morgan fingerprint density at radius 2 is 2.30 bits per heavy atom. The lowest BCUT2D eigenvalue weighted by atomic mass is 10.0. The van der Waals surface area contributed by atoms with Crippen LogP contribution in [0.25, 0.3) is 0 Å². The molecule has 0 radical (unpaired) electrons. The van der Waals surface area contributed by atoms with Crippen LogP contribution in [0.5, 0.6) is 0 Å². The Hall–Kier alpha value is -1.85. The van der Waals surface area contributed by atoms with Crippen LogP contribution in [-0.2, 0) is 11.8 Å². The van der Waals surface area contributed by atoms with E-state index in [1.54, 1.807) is 12.4 Å². The number of carbonyl (C=O) groups excluding carboxylic acids is 1. The third-order valence-electron chi connectivity index (χ3n) is 4.24. The van der Waals surface area contributed by atoms with Crippen LogP contribution in [0.3, 0.4) is 0 Å². The second-order valence-corrected chi connectivity index (χ2v) is 6.30. The molecule has 2 aromatic rings. The average molecular weight is 334 g/mol. The summed E-state index contributed by atoms with van der Waals surface area (Å²) in [6.45, 7) is 2.51. The van der Waals surface area contributed by atoms with E-state index in [2.05, 4.69) is 10.3 Å². The molecule has 1 fully saturated rings. The van der Waals surface area contributed by atoms with Crippen molar-refractivity contribution in [2.45, 2.75) is 31.9 Å². The fourth-order valence-corrected chi connectivity index (χ4v) is 3.11. The fourth-order valence-electron chi connectivity index (χ4n) is 2.90. The van der Waals surface area contributed by atoms with Crippen molar-refractivity contribution in [1.82, 2.24) is 14.9 Å². The normalized spacial score (nSPS) is 21.2. The molecule has 1 aromatic carbocycles. The summed E-state index contributed by atoms with van der Waals surface area (Å²) in [5.74, 6) is -0.130. The van der Waals surface area contributed by atoms with Crippen LogP contribution in [-0.4, -0.2) is 28.1 Å². The van der Waals surface area contributed by atoms with Crippen LogP contribution in [0.15, 0.2) is 30.7 Å². The van der Waals surface area contributed by atoms with Gasteiger partial charge in [0.05, 0.1) is 28.8 Å². The van der Waals surface area contributed by atoms with Crippen molar-refractivity contribution < 1.29 is 9.53 Å². The number of imidazole rings is 1. The summed E-state index contributed by atoms with van der Waals surface area (Å²) in [6.07, 6.45) is 5.05. The zero-order valence-electron chi connectivity index (χ0n) is 13.3. The van der Waals surface area contributed by atoms with Gasteiger partial charge in [-0.1, -0.05) is 23.7 Å². The molecule has 1 amide bonds. The Bertz CT molecular complexity index is 714. The standard InChI is InChI=1S/C17H20ClN3O2/c1-11-4-3-5-13(16(11)18)17(22)20-12-6-7-23-15(8-12)14-9-19-10-21(14)2/h3-5,9-10,12,15H,6-8H2,1-2H3,(H,20,22)/t12-,15+/m0/s1. The minimum absolute atomic E-state index is 0.0467. The predicted octanol–water partition coefficient (Wildman–Crippen LogP) is 3.03. The van der Waals surface area contributed by atoms with Crippen LogP contribution in [0, 0.1) is 6.92 Å². The summed E-state index contributed by atoms with van der Waals surface area (Å²) < 4.78 is 7.78. The molecule has 1 aromatic heterocycles. The maximum absolute atomic E-state index is 12.5. The van der Waals surface area contributed by atoms with E-state index in [-0.39, 0.29) is 18.1 Å². The highest BCUT2D eigenvalue weighted by molar-refractivity contribution is 6.34. The van der Waals surface area contributed by atoms with E-state index in [0.29, 0.717) is 17.2 Å². The summed E-state index contributed by atoms with van der Waals surface area (Å²) in [5.41, 5.74) is 2.45. The molecule has 2 heterocycles. The van der Waals surface area contributed by atoms with E-state index in [1.165, 1.54) is 0 Å². The van der Waals surface area contributed by atoms with Crippen LogP contribution in [0.4, 0.5) is 0 Å². The number of rotatable bonds is 3. The quantitative estimate of drug-likeness (QED) is 0.939. The highest BCUT2D eigenvalue weighted by atomic mass is 35.5. The van der Waals surface area contributed by atoms with E-state index in [0.717, 1.165) is 24.1 Å². The number of ether oxygens (including phenoxy) is 1. The fraction of sp³-hybridized carbons (Fsp3) is 0.412. The Morgan fingerprint density at radius 3 is 3.04 bits per heavy atom. The van der Waals surface area contributed by atoms with E-state index in [1.807, 2.05) is 36.9 Å². The van der Waals surface area contributed by atoms with Crippen molar-refractivity contribution in [3.8, 4) is 0 Å². The molecule has 122 valence electrons. The smallest absolute Gasteiger partial charge is 0.253 e. The molecule has 0 spiro atoms. The number of amides is 1. The van der Waals surface area contributed by atoms with Gasteiger partial charge in [0.2, 0.25) is 0 Å². The van der Waals surface area contributed by atoms with Gasteiger partial charge in [0.15, 0.2) is 0 Å². The lowest BCUT2D eigenvalue weighted by Gasteiger charge is -2.30. The molecule has 1 saturated heterocycles. The molecule has 0 bridgehead atoms. The minimum Gasteiger partial charge on any atom is -0.372 e. The van der Waals surface area contributed by atoms with E-state index in [9.17, 15) is 4.79 Å². The second kappa shape index (κ2) is 6.72. The zero-order chi connectivity index (χ0) is 16.4. The Morgan fingerprint density at radius 1 is 1.48 bits per heavy atom. The van der Waals surface area contributed by atoms with Crippen molar-refractivity contribution >= 4 is 17.5 Å². The summed E-state index contributed by atoms with van der Waals surface area (Å²) in [6, 6.07) is 5.56. The van der Waals surface area contributed by atoms with Gasteiger partial charge in [-0.3, -0.25) is 4.79 Å². The lowest BCUT2D eigenvalue weighted by molar-refractivity contribution is -0.00301. The Kier molecular flexibility index (Phi) is 4.68. The third-order valence-corrected chi connectivity index (χ3v) is 4.74. The predicted molar refractivity (Wildman–Crippen MR) is 88.6 cm³/mol.